The normalized spacial score (nSPS) is 11.5. The number of rotatable bonds is 15. The third kappa shape index (κ3) is 11.4. The lowest BCUT2D eigenvalue weighted by molar-refractivity contribution is 0.108. The van der Waals surface area contributed by atoms with Crippen molar-refractivity contribution in [3.8, 4) is 0 Å². The summed E-state index contributed by atoms with van der Waals surface area (Å²) >= 11 is 2.91. The van der Waals surface area contributed by atoms with Gasteiger partial charge in [0.15, 0.2) is 19.5 Å². The molecule has 0 fully saturated rings. The molecule has 0 aliphatic heterocycles. The molecular weight excluding hydrogens is 585 g/mol. The Bertz CT molecular complexity index is 1410. The Hall–Kier alpha value is -3.06. The predicted molar refractivity (Wildman–Crippen MR) is 166 cm³/mol. The number of nitrogen functional groups attached to an aromatic ring is 1. The minimum Gasteiger partial charge on any atom is -0.370 e. The highest BCUT2D eigenvalue weighted by atomic mass is 32.2. The first-order valence-electron chi connectivity index (χ1n) is 12.5. The number of nitrogens with zero attached hydrogens (tertiary/aromatic N) is 3. The summed E-state index contributed by atoms with van der Waals surface area (Å²) in [6, 6.07) is 18.3. The number of benzene rings is 2. The van der Waals surface area contributed by atoms with E-state index in [4.69, 9.17) is 19.5 Å². The van der Waals surface area contributed by atoms with Crippen molar-refractivity contribution < 1.29 is 23.4 Å². The van der Waals surface area contributed by atoms with E-state index in [1.807, 2.05) is 42.7 Å². The van der Waals surface area contributed by atoms with E-state index in [0.29, 0.717) is 49.7 Å². The van der Waals surface area contributed by atoms with Gasteiger partial charge in [0, 0.05) is 29.2 Å². The zero-order valence-electron chi connectivity index (χ0n) is 22.5. The van der Waals surface area contributed by atoms with Crippen LogP contribution in [0, 0.1) is 0 Å². The van der Waals surface area contributed by atoms with Crippen LogP contribution in [-0.4, -0.2) is 74.9 Å². The molecule has 1 unspecified atom stereocenters. The van der Waals surface area contributed by atoms with Crippen molar-refractivity contribution in [1.29, 1.82) is 0 Å². The van der Waals surface area contributed by atoms with E-state index in [-0.39, 0.29) is 22.1 Å². The molecule has 0 aliphatic rings. The number of thioether (sulfide) groups is 2. The van der Waals surface area contributed by atoms with Gasteiger partial charge < -0.3 is 24.1 Å². The van der Waals surface area contributed by atoms with E-state index in [0.717, 1.165) is 17.6 Å². The number of nitrogens with one attached hydrogen (secondary N) is 1. The van der Waals surface area contributed by atoms with Crippen LogP contribution < -0.4 is 11.3 Å². The van der Waals surface area contributed by atoms with E-state index in [1.165, 1.54) is 18.1 Å². The first-order valence-corrected chi connectivity index (χ1v) is 16.3. The molecule has 1 atom stereocenters. The molecule has 0 aliphatic carbocycles. The van der Waals surface area contributed by atoms with Gasteiger partial charge in [-0.25, -0.2) is 4.98 Å². The molecule has 0 amide bonds. The highest BCUT2D eigenvalue weighted by molar-refractivity contribution is 8.14. The topological polar surface area (TPSA) is 151 Å². The quantitative estimate of drug-likeness (QED) is 0.111. The summed E-state index contributed by atoms with van der Waals surface area (Å²) in [5.74, 6) is 1.42. The van der Waals surface area contributed by atoms with Crippen LogP contribution in [0.25, 0.3) is 11.2 Å². The molecule has 0 saturated heterocycles. The number of aromatic nitrogens is 4. The maximum absolute atomic E-state index is 12.2. The number of imidazole rings is 1. The number of ether oxygens (including phenoxy) is 1. The Labute approximate surface area is 247 Å². The second kappa shape index (κ2) is 18.4. The minimum atomic E-state index is -1.25. The van der Waals surface area contributed by atoms with Crippen LogP contribution in [0.15, 0.2) is 71.8 Å². The van der Waals surface area contributed by atoms with Crippen LogP contribution in [0.5, 0.6) is 0 Å². The first-order chi connectivity index (χ1) is 20.0. The fourth-order valence-electron chi connectivity index (χ4n) is 3.23. The SMILES string of the molecule is CSCCOP(COCCn1cnc2c(=O)[nH]c(N)nc21)OCCSC(=O)c1ccccc1.O=Cc1ccccc1. The molecule has 3 N–H and O–H groups in total. The molecule has 2 aromatic carbocycles. The van der Waals surface area contributed by atoms with Crippen LogP contribution >= 0.6 is 31.9 Å². The van der Waals surface area contributed by atoms with Gasteiger partial charge in [-0.1, -0.05) is 72.4 Å². The fraction of sp³-hybridized carbons (Fsp3) is 0.296. The molecule has 0 spiro atoms. The van der Waals surface area contributed by atoms with Crippen LogP contribution in [0.4, 0.5) is 5.95 Å². The number of H-pyrrole nitrogens is 1. The van der Waals surface area contributed by atoms with Crippen molar-refractivity contribution >= 4 is 60.4 Å². The van der Waals surface area contributed by atoms with Gasteiger partial charge in [-0.3, -0.25) is 19.4 Å². The largest absolute Gasteiger partial charge is 0.370 e. The molecule has 14 heteroatoms. The maximum atomic E-state index is 12.2. The molecule has 2 aromatic heterocycles. The second-order valence-corrected chi connectivity index (χ2v) is 11.6. The Morgan fingerprint density at radius 1 is 1.05 bits per heavy atom. The zero-order valence-corrected chi connectivity index (χ0v) is 25.0. The molecular formula is C27H32N5O6PS2. The number of nitrogens with two attached hydrogens (primary N) is 1. The maximum Gasteiger partial charge on any atom is 0.280 e. The molecule has 2 heterocycles. The van der Waals surface area contributed by atoms with Crippen molar-refractivity contribution in [3.63, 3.8) is 0 Å². The van der Waals surface area contributed by atoms with Gasteiger partial charge in [0.2, 0.25) is 11.1 Å². The standard InChI is InChI=1S/C20H26N5O5PS2.C7H6O/c1-32-11-9-29-31(30-10-12-33-19(27)15-5-3-2-4-6-15)14-28-8-7-25-13-22-16-17(25)23-20(21)24-18(16)26;8-6-7-4-2-1-3-5-7/h2-6,13H,7-12,14H2,1H3,(H3,21,23,24,26);1-6H. The molecule has 4 rings (SSSR count). The van der Waals surface area contributed by atoms with E-state index in [2.05, 4.69) is 15.0 Å². The summed E-state index contributed by atoms with van der Waals surface area (Å²) in [6.07, 6.45) is 4.67. The van der Waals surface area contributed by atoms with Gasteiger partial charge >= 0.3 is 0 Å². The zero-order chi connectivity index (χ0) is 29.3. The average molecular weight is 618 g/mol. The Morgan fingerprint density at radius 2 is 1.73 bits per heavy atom. The predicted octanol–water partition coefficient (Wildman–Crippen LogP) is 4.46. The summed E-state index contributed by atoms with van der Waals surface area (Å²) < 4.78 is 19.2. The van der Waals surface area contributed by atoms with Crippen molar-refractivity contribution in [2.24, 2.45) is 0 Å². The summed E-state index contributed by atoms with van der Waals surface area (Å²) in [6.45, 7) is 1.75. The lowest BCUT2D eigenvalue weighted by Crippen LogP contribution is -2.13. The summed E-state index contributed by atoms with van der Waals surface area (Å²) in [5, 5.41) is 0.0173. The van der Waals surface area contributed by atoms with Gasteiger partial charge in [-0.2, -0.15) is 16.7 Å². The third-order valence-electron chi connectivity index (χ3n) is 5.19. The average Bonchev–Trinajstić information content (AvgIpc) is 3.41. The van der Waals surface area contributed by atoms with Crippen molar-refractivity contribution in [1.82, 2.24) is 19.5 Å². The van der Waals surface area contributed by atoms with Crippen molar-refractivity contribution in [2.45, 2.75) is 6.54 Å². The minimum absolute atomic E-state index is 0.0173. The number of anilines is 1. The molecule has 218 valence electrons. The Kier molecular flexibility index (Phi) is 14.6. The number of fused-ring (bicyclic) bond motifs is 1. The number of hydrogen-bond acceptors (Lipinski definition) is 11. The van der Waals surface area contributed by atoms with E-state index in [1.54, 1.807) is 40.6 Å². The van der Waals surface area contributed by atoms with Gasteiger partial charge in [-0.15, -0.1) is 0 Å². The number of aldehydes is 1. The van der Waals surface area contributed by atoms with Gasteiger partial charge in [-0.05, 0) is 6.26 Å². The van der Waals surface area contributed by atoms with E-state index >= 15 is 0 Å². The molecule has 0 bridgehead atoms. The summed E-state index contributed by atoms with van der Waals surface area (Å²) in [7, 11) is -1.25. The summed E-state index contributed by atoms with van der Waals surface area (Å²) in [4.78, 5) is 44.7. The monoisotopic (exact) mass is 617 g/mol. The van der Waals surface area contributed by atoms with Gasteiger partial charge in [0.05, 0.1) is 26.1 Å². The van der Waals surface area contributed by atoms with Crippen molar-refractivity contribution in [2.75, 3.05) is 49.7 Å². The fourth-order valence-corrected chi connectivity index (χ4v) is 5.48. The Morgan fingerprint density at radius 3 is 2.39 bits per heavy atom. The molecule has 41 heavy (non-hydrogen) atoms. The van der Waals surface area contributed by atoms with E-state index in [9.17, 15) is 14.4 Å². The van der Waals surface area contributed by atoms with E-state index < -0.39 is 8.38 Å². The van der Waals surface area contributed by atoms with Crippen LogP contribution in [-0.2, 0) is 20.3 Å². The second-order valence-electron chi connectivity index (χ2n) is 8.12. The van der Waals surface area contributed by atoms with Gasteiger partial charge in [0.25, 0.3) is 5.56 Å². The molecule has 4 aromatic rings. The van der Waals surface area contributed by atoms with Crippen LogP contribution in [0.1, 0.15) is 20.7 Å². The first kappa shape index (κ1) is 32.5. The number of aromatic amines is 1. The molecule has 0 radical (unpaired) electrons. The molecule has 11 nitrogen and oxygen atoms in total. The lowest BCUT2D eigenvalue weighted by Gasteiger charge is -2.17. The molecule has 0 saturated carbocycles. The number of hydrogen-bond donors (Lipinski definition) is 2. The van der Waals surface area contributed by atoms with Crippen LogP contribution in [0.2, 0.25) is 0 Å². The highest BCUT2D eigenvalue weighted by Gasteiger charge is 2.14. The van der Waals surface area contributed by atoms with Crippen LogP contribution in [0.3, 0.4) is 0 Å². The smallest absolute Gasteiger partial charge is 0.280 e. The van der Waals surface area contributed by atoms with Crippen molar-refractivity contribution in [3.05, 3.63) is 88.5 Å². The number of carbonyl (C=O) groups excluding carboxylic acids is 2. The van der Waals surface area contributed by atoms with Gasteiger partial charge in [0.1, 0.15) is 12.6 Å². The third-order valence-corrected chi connectivity index (χ3v) is 7.96. The Balaban J connectivity index is 0.000000496. The highest BCUT2D eigenvalue weighted by Crippen LogP contribution is 2.38. The lowest BCUT2D eigenvalue weighted by atomic mass is 10.2. The summed E-state index contributed by atoms with van der Waals surface area (Å²) in [5.41, 5.74) is 7.30. The number of carbonyl (C=O) groups is 2.